The van der Waals surface area contributed by atoms with E-state index in [1.54, 1.807) is 0 Å². The lowest BCUT2D eigenvalue weighted by atomic mass is 10.2. The molecule has 1 aromatic rings. The maximum Gasteiger partial charge on any atom is 0.0644 e. The molecular weight excluding hydrogens is 265 g/mol. The Morgan fingerprint density at radius 2 is 2.00 bits per heavy atom. The van der Waals surface area contributed by atoms with Crippen LogP contribution in [0.15, 0.2) is 12.4 Å². The van der Waals surface area contributed by atoms with E-state index in [1.165, 1.54) is 22.8 Å². The van der Waals surface area contributed by atoms with E-state index in [-0.39, 0.29) is 0 Å². The number of aromatic nitrogens is 2. The summed E-state index contributed by atoms with van der Waals surface area (Å²) in [6, 6.07) is 0. The standard InChI is InChI=1S/C8H12IN3/c9-8-6-10-12(7-8)11-4-2-1-3-5-11/h6-7H,1-5H2. The molecule has 0 bridgehead atoms. The van der Waals surface area contributed by atoms with Crippen molar-refractivity contribution in [1.29, 1.82) is 0 Å². The summed E-state index contributed by atoms with van der Waals surface area (Å²) in [5.41, 5.74) is 0. The molecule has 66 valence electrons. The van der Waals surface area contributed by atoms with Crippen molar-refractivity contribution in [3.63, 3.8) is 0 Å². The molecule has 2 rings (SSSR count). The summed E-state index contributed by atoms with van der Waals surface area (Å²) >= 11 is 2.29. The molecule has 1 aromatic heterocycles. The summed E-state index contributed by atoms with van der Waals surface area (Å²) in [6.07, 6.45) is 7.95. The zero-order valence-corrected chi connectivity index (χ0v) is 9.07. The Bertz CT molecular complexity index is 253. The Hall–Kier alpha value is -0.260. The highest BCUT2D eigenvalue weighted by atomic mass is 127. The molecule has 0 saturated carbocycles. The molecule has 0 radical (unpaired) electrons. The summed E-state index contributed by atoms with van der Waals surface area (Å²) in [5.74, 6) is 0. The monoisotopic (exact) mass is 277 g/mol. The van der Waals surface area contributed by atoms with Crippen LogP contribution in [0.1, 0.15) is 19.3 Å². The fraction of sp³-hybridized carbons (Fsp3) is 0.625. The lowest BCUT2D eigenvalue weighted by molar-refractivity contribution is 0.449. The second kappa shape index (κ2) is 3.64. The third-order valence-electron chi connectivity index (χ3n) is 2.16. The molecule has 12 heavy (non-hydrogen) atoms. The molecule has 1 saturated heterocycles. The van der Waals surface area contributed by atoms with Gasteiger partial charge in [-0.15, -0.1) is 0 Å². The zero-order valence-electron chi connectivity index (χ0n) is 6.91. The molecule has 4 heteroatoms. The molecular formula is C8H12IN3. The molecule has 0 unspecified atom stereocenters. The van der Waals surface area contributed by atoms with Gasteiger partial charge < -0.3 is 0 Å². The van der Waals surface area contributed by atoms with E-state index >= 15 is 0 Å². The molecule has 0 N–H and O–H groups in total. The summed E-state index contributed by atoms with van der Waals surface area (Å²) < 4.78 is 1.21. The number of hydrogen-bond acceptors (Lipinski definition) is 2. The first-order valence-electron chi connectivity index (χ1n) is 4.32. The van der Waals surface area contributed by atoms with Gasteiger partial charge in [-0.3, -0.25) is 5.01 Å². The highest BCUT2D eigenvalue weighted by Crippen LogP contribution is 2.08. The maximum absolute atomic E-state index is 4.27. The van der Waals surface area contributed by atoms with Crippen LogP contribution in [0.4, 0.5) is 0 Å². The van der Waals surface area contributed by atoms with Crippen molar-refractivity contribution in [2.24, 2.45) is 0 Å². The van der Waals surface area contributed by atoms with E-state index in [4.69, 9.17) is 0 Å². The number of nitrogens with zero attached hydrogens (tertiary/aromatic N) is 3. The van der Waals surface area contributed by atoms with Crippen LogP contribution in [-0.2, 0) is 0 Å². The Labute approximate surface area is 85.8 Å². The van der Waals surface area contributed by atoms with Crippen molar-refractivity contribution in [3.8, 4) is 0 Å². The first-order valence-corrected chi connectivity index (χ1v) is 5.39. The van der Waals surface area contributed by atoms with Crippen LogP contribution in [0.25, 0.3) is 0 Å². The summed E-state index contributed by atoms with van der Waals surface area (Å²) in [6.45, 7) is 2.30. The van der Waals surface area contributed by atoms with E-state index in [2.05, 4.69) is 38.9 Å². The first kappa shape index (κ1) is 8.34. The quantitative estimate of drug-likeness (QED) is 0.727. The minimum atomic E-state index is 1.15. The molecule has 1 aliphatic rings. The van der Waals surface area contributed by atoms with Crippen LogP contribution in [0.3, 0.4) is 0 Å². The molecule has 0 aliphatic carbocycles. The van der Waals surface area contributed by atoms with Crippen LogP contribution in [0, 0.1) is 3.57 Å². The van der Waals surface area contributed by atoms with E-state index in [0.717, 1.165) is 13.1 Å². The third kappa shape index (κ3) is 1.73. The highest BCUT2D eigenvalue weighted by molar-refractivity contribution is 14.1. The van der Waals surface area contributed by atoms with Crippen LogP contribution in [0.2, 0.25) is 0 Å². The first-order chi connectivity index (χ1) is 5.86. The predicted molar refractivity (Wildman–Crippen MR) is 56.7 cm³/mol. The molecule has 3 nitrogen and oxygen atoms in total. The second-order valence-corrected chi connectivity index (χ2v) is 4.34. The minimum Gasteiger partial charge on any atom is -0.297 e. The van der Waals surface area contributed by atoms with Crippen molar-refractivity contribution in [2.75, 3.05) is 18.1 Å². The van der Waals surface area contributed by atoms with Crippen molar-refractivity contribution < 1.29 is 0 Å². The summed E-state index contributed by atoms with van der Waals surface area (Å²) in [7, 11) is 0. The lowest BCUT2D eigenvalue weighted by Gasteiger charge is -2.27. The van der Waals surface area contributed by atoms with Gasteiger partial charge >= 0.3 is 0 Å². The van der Waals surface area contributed by atoms with Gasteiger partial charge in [0.25, 0.3) is 0 Å². The van der Waals surface area contributed by atoms with Gasteiger partial charge in [0.1, 0.15) is 0 Å². The minimum absolute atomic E-state index is 1.15. The fourth-order valence-corrected chi connectivity index (χ4v) is 1.90. The van der Waals surface area contributed by atoms with Crippen molar-refractivity contribution in [3.05, 3.63) is 16.0 Å². The topological polar surface area (TPSA) is 21.1 Å². The number of hydrogen-bond donors (Lipinski definition) is 0. The number of piperidine rings is 1. The van der Waals surface area contributed by atoms with Gasteiger partial charge in [0.15, 0.2) is 0 Å². The van der Waals surface area contributed by atoms with Gasteiger partial charge in [0, 0.05) is 13.1 Å². The molecule has 1 aliphatic heterocycles. The van der Waals surface area contributed by atoms with E-state index in [9.17, 15) is 0 Å². The van der Waals surface area contributed by atoms with Gasteiger partial charge in [-0.05, 0) is 41.9 Å². The molecule has 0 spiro atoms. The highest BCUT2D eigenvalue weighted by Gasteiger charge is 2.10. The molecule has 0 amide bonds. The van der Waals surface area contributed by atoms with E-state index < -0.39 is 0 Å². The van der Waals surface area contributed by atoms with Gasteiger partial charge in [-0.25, -0.2) is 0 Å². The fourth-order valence-electron chi connectivity index (χ4n) is 1.53. The Morgan fingerprint density at radius 1 is 1.25 bits per heavy atom. The molecule has 2 heterocycles. The average Bonchev–Trinajstić information content (AvgIpc) is 2.54. The zero-order chi connectivity index (χ0) is 8.39. The summed E-state index contributed by atoms with van der Waals surface area (Å²) in [4.78, 5) is 1.97. The third-order valence-corrected chi connectivity index (χ3v) is 2.72. The van der Waals surface area contributed by atoms with Gasteiger partial charge in [0.05, 0.1) is 16.0 Å². The van der Waals surface area contributed by atoms with Crippen LogP contribution in [-0.4, -0.2) is 23.0 Å². The Morgan fingerprint density at radius 3 is 2.58 bits per heavy atom. The van der Waals surface area contributed by atoms with Crippen LogP contribution < -0.4 is 5.01 Å². The Kier molecular flexibility index (Phi) is 2.53. The van der Waals surface area contributed by atoms with E-state index in [0.29, 0.717) is 0 Å². The van der Waals surface area contributed by atoms with Crippen molar-refractivity contribution in [1.82, 2.24) is 9.89 Å². The van der Waals surface area contributed by atoms with E-state index in [1.807, 2.05) is 11.0 Å². The predicted octanol–water partition coefficient (Wildman–Crippen LogP) is 1.61. The van der Waals surface area contributed by atoms with Gasteiger partial charge in [-0.1, -0.05) is 0 Å². The second-order valence-electron chi connectivity index (χ2n) is 3.09. The van der Waals surface area contributed by atoms with Gasteiger partial charge in [-0.2, -0.15) is 9.89 Å². The maximum atomic E-state index is 4.27. The van der Waals surface area contributed by atoms with Crippen LogP contribution in [0.5, 0.6) is 0 Å². The molecule has 0 aromatic carbocycles. The Balaban J connectivity index is 2.08. The van der Waals surface area contributed by atoms with Crippen molar-refractivity contribution in [2.45, 2.75) is 19.3 Å². The number of rotatable bonds is 1. The molecule has 1 fully saturated rings. The SMILES string of the molecule is Ic1cnn(N2CCCCC2)c1. The lowest BCUT2D eigenvalue weighted by Crippen LogP contribution is -2.39. The largest absolute Gasteiger partial charge is 0.297 e. The number of halogens is 1. The summed E-state index contributed by atoms with van der Waals surface area (Å²) in [5, 5.41) is 6.57. The molecule has 0 atom stereocenters. The smallest absolute Gasteiger partial charge is 0.0644 e. The van der Waals surface area contributed by atoms with Crippen LogP contribution >= 0.6 is 22.6 Å². The van der Waals surface area contributed by atoms with Crippen molar-refractivity contribution >= 4 is 22.6 Å². The normalized spacial score (nSPS) is 18.2. The van der Waals surface area contributed by atoms with Gasteiger partial charge in [0.2, 0.25) is 0 Å². The average molecular weight is 277 g/mol.